The first kappa shape index (κ1) is 13.2. The minimum Gasteiger partial charge on any atom is -0.497 e. The zero-order chi connectivity index (χ0) is 12.8. The van der Waals surface area contributed by atoms with Gasteiger partial charge < -0.3 is 15.2 Å². The van der Waals surface area contributed by atoms with Crippen LogP contribution < -0.4 is 10.1 Å². The molecule has 1 rings (SSSR count). The molecule has 0 aliphatic heterocycles. The number of likely N-dealkylation sites (N-methyl/N-ethyl adjacent to an activating group) is 1. The van der Waals surface area contributed by atoms with Crippen LogP contribution >= 0.6 is 0 Å². The predicted octanol–water partition coefficient (Wildman–Crippen LogP) is 0.941. The fourth-order valence-electron chi connectivity index (χ4n) is 1.39. The number of ketones is 1. The van der Waals surface area contributed by atoms with Crippen LogP contribution in [0, 0.1) is 0 Å². The van der Waals surface area contributed by atoms with Gasteiger partial charge in [0.15, 0.2) is 5.78 Å². The first-order valence-electron chi connectivity index (χ1n) is 5.15. The maximum atomic E-state index is 11.8. The van der Waals surface area contributed by atoms with Crippen LogP contribution in [0.15, 0.2) is 24.3 Å². The Morgan fingerprint density at radius 2 is 1.94 bits per heavy atom. The third-order valence-electron chi connectivity index (χ3n) is 2.45. The summed E-state index contributed by atoms with van der Waals surface area (Å²) in [4.78, 5) is 22.5. The molecule has 0 saturated carbocycles. The number of aliphatic carboxylic acids is 1. The molecule has 0 bridgehead atoms. The maximum absolute atomic E-state index is 11.8. The van der Waals surface area contributed by atoms with Gasteiger partial charge in [-0.1, -0.05) is 0 Å². The van der Waals surface area contributed by atoms with Crippen molar-refractivity contribution >= 4 is 11.8 Å². The molecule has 0 aliphatic carbocycles. The Hall–Kier alpha value is -1.88. The molecule has 0 radical (unpaired) electrons. The lowest BCUT2D eigenvalue weighted by atomic mass is 10.0. The van der Waals surface area contributed by atoms with Gasteiger partial charge in [0.1, 0.15) is 11.8 Å². The molecule has 0 spiro atoms. The summed E-state index contributed by atoms with van der Waals surface area (Å²) in [6, 6.07) is 5.72. The molecule has 1 aromatic rings. The Labute approximate surface area is 99.4 Å². The summed E-state index contributed by atoms with van der Waals surface area (Å²) in [5, 5.41) is 11.4. The molecule has 0 heterocycles. The van der Waals surface area contributed by atoms with Gasteiger partial charge in [0, 0.05) is 12.0 Å². The van der Waals surface area contributed by atoms with E-state index in [1.165, 1.54) is 14.2 Å². The Morgan fingerprint density at radius 3 is 2.35 bits per heavy atom. The molecule has 5 heteroatoms. The number of benzene rings is 1. The second-order valence-corrected chi connectivity index (χ2v) is 3.54. The van der Waals surface area contributed by atoms with Crippen LogP contribution in [0.2, 0.25) is 0 Å². The summed E-state index contributed by atoms with van der Waals surface area (Å²) < 4.78 is 4.97. The molecule has 0 amide bonds. The number of nitrogens with one attached hydrogen (secondary N) is 1. The quantitative estimate of drug-likeness (QED) is 0.720. The number of carbonyl (C=O) groups excluding carboxylic acids is 1. The number of ether oxygens (including phenoxy) is 1. The van der Waals surface area contributed by atoms with E-state index in [0.29, 0.717) is 11.3 Å². The van der Waals surface area contributed by atoms with Crippen molar-refractivity contribution < 1.29 is 19.4 Å². The Morgan fingerprint density at radius 1 is 1.35 bits per heavy atom. The number of rotatable bonds is 6. The standard InChI is InChI=1S/C12H15NO4/c1-13-10(12(15)16)7-11(14)8-3-5-9(17-2)6-4-8/h3-6,10,13H,7H2,1-2H3,(H,15,16). The second-order valence-electron chi connectivity index (χ2n) is 3.54. The summed E-state index contributed by atoms with van der Waals surface area (Å²) >= 11 is 0. The number of hydrogen-bond acceptors (Lipinski definition) is 4. The molecule has 17 heavy (non-hydrogen) atoms. The molecule has 5 nitrogen and oxygen atoms in total. The Balaban J connectivity index is 2.72. The van der Waals surface area contributed by atoms with Gasteiger partial charge in [0.05, 0.1) is 7.11 Å². The lowest BCUT2D eigenvalue weighted by Crippen LogP contribution is -2.35. The highest BCUT2D eigenvalue weighted by molar-refractivity contribution is 5.98. The van der Waals surface area contributed by atoms with E-state index in [9.17, 15) is 9.59 Å². The van der Waals surface area contributed by atoms with Crippen LogP contribution in [0.1, 0.15) is 16.8 Å². The van der Waals surface area contributed by atoms with Crippen LogP contribution in [0.4, 0.5) is 0 Å². The predicted molar refractivity (Wildman–Crippen MR) is 62.4 cm³/mol. The lowest BCUT2D eigenvalue weighted by molar-refractivity contribution is -0.139. The van der Waals surface area contributed by atoms with Crippen molar-refractivity contribution in [3.8, 4) is 5.75 Å². The summed E-state index contributed by atoms with van der Waals surface area (Å²) in [7, 11) is 3.05. The van der Waals surface area contributed by atoms with Crippen molar-refractivity contribution in [2.24, 2.45) is 0 Å². The monoisotopic (exact) mass is 237 g/mol. The fourth-order valence-corrected chi connectivity index (χ4v) is 1.39. The zero-order valence-corrected chi connectivity index (χ0v) is 9.77. The first-order chi connectivity index (χ1) is 8.08. The SMILES string of the molecule is CNC(CC(=O)c1ccc(OC)cc1)C(=O)O. The van der Waals surface area contributed by atoms with Crippen molar-refractivity contribution in [2.75, 3.05) is 14.2 Å². The van der Waals surface area contributed by atoms with Crippen molar-refractivity contribution in [3.63, 3.8) is 0 Å². The average molecular weight is 237 g/mol. The van der Waals surface area contributed by atoms with Crippen LogP contribution in [0.3, 0.4) is 0 Å². The average Bonchev–Trinajstić information content (AvgIpc) is 2.35. The molecule has 1 aromatic carbocycles. The molecule has 1 atom stereocenters. The smallest absolute Gasteiger partial charge is 0.321 e. The molecule has 0 aromatic heterocycles. The minimum absolute atomic E-state index is 0.0713. The van der Waals surface area contributed by atoms with Gasteiger partial charge in [0.2, 0.25) is 0 Å². The Bertz CT molecular complexity index is 399. The topological polar surface area (TPSA) is 75.6 Å². The highest BCUT2D eigenvalue weighted by Gasteiger charge is 2.19. The number of hydrogen-bond donors (Lipinski definition) is 2. The molecule has 1 unspecified atom stereocenters. The third-order valence-corrected chi connectivity index (χ3v) is 2.45. The van der Waals surface area contributed by atoms with E-state index < -0.39 is 12.0 Å². The van der Waals surface area contributed by atoms with E-state index in [0.717, 1.165) is 0 Å². The number of methoxy groups -OCH3 is 1. The molecule has 0 fully saturated rings. The largest absolute Gasteiger partial charge is 0.497 e. The summed E-state index contributed by atoms with van der Waals surface area (Å²) in [6.07, 6.45) is -0.0713. The number of carboxylic acid groups (broad SMARTS) is 1. The summed E-state index contributed by atoms with van der Waals surface area (Å²) in [5.41, 5.74) is 0.479. The van der Waals surface area contributed by atoms with Gasteiger partial charge in [-0.15, -0.1) is 0 Å². The van der Waals surface area contributed by atoms with E-state index in [1.54, 1.807) is 24.3 Å². The van der Waals surface area contributed by atoms with Crippen molar-refractivity contribution in [2.45, 2.75) is 12.5 Å². The summed E-state index contributed by atoms with van der Waals surface area (Å²) in [5.74, 6) is -0.589. The van der Waals surface area contributed by atoms with Gasteiger partial charge in [-0.3, -0.25) is 9.59 Å². The molecular formula is C12H15NO4. The van der Waals surface area contributed by atoms with Crippen LogP contribution in [0.25, 0.3) is 0 Å². The van der Waals surface area contributed by atoms with E-state index in [4.69, 9.17) is 9.84 Å². The Kier molecular flexibility index (Phi) is 4.66. The fraction of sp³-hybridized carbons (Fsp3) is 0.333. The molecule has 0 saturated heterocycles. The van der Waals surface area contributed by atoms with Crippen LogP contribution in [-0.2, 0) is 4.79 Å². The van der Waals surface area contributed by atoms with Crippen LogP contribution in [0.5, 0.6) is 5.75 Å². The third kappa shape index (κ3) is 3.57. The number of carboxylic acids is 1. The van der Waals surface area contributed by atoms with Crippen molar-refractivity contribution in [1.29, 1.82) is 0 Å². The van der Waals surface area contributed by atoms with E-state index in [-0.39, 0.29) is 12.2 Å². The van der Waals surface area contributed by atoms with E-state index in [1.807, 2.05) is 0 Å². The molecule has 2 N–H and O–H groups in total. The molecule has 0 aliphatic rings. The van der Waals surface area contributed by atoms with Crippen molar-refractivity contribution in [1.82, 2.24) is 5.32 Å². The minimum atomic E-state index is -1.03. The highest BCUT2D eigenvalue weighted by atomic mass is 16.5. The van der Waals surface area contributed by atoms with Crippen molar-refractivity contribution in [3.05, 3.63) is 29.8 Å². The van der Waals surface area contributed by atoms with Gasteiger partial charge in [-0.2, -0.15) is 0 Å². The number of Topliss-reactive ketones (excluding diaryl/α,β-unsaturated/α-hetero) is 1. The zero-order valence-electron chi connectivity index (χ0n) is 9.77. The second kappa shape index (κ2) is 6.00. The molecule has 92 valence electrons. The van der Waals surface area contributed by atoms with Gasteiger partial charge in [0.25, 0.3) is 0 Å². The van der Waals surface area contributed by atoms with E-state index in [2.05, 4.69) is 5.32 Å². The van der Waals surface area contributed by atoms with Gasteiger partial charge in [-0.05, 0) is 31.3 Å². The van der Waals surface area contributed by atoms with Gasteiger partial charge in [-0.25, -0.2) is 0 Å². The highest BCUT2D eigenvalue weighted by Crippen LogP contribution is 2.13. The lowest BCUT2D eigenvalue weighted by Gasteiger charge is -2.10. The molecular weight excluding hydrogens is 222 g/mol. The number of carbonyl (C=O) groups is 2. The van der Waals surface area contributed by atoms with Gasteiger partial charge >= 0.3 is 5.97 Å². The van der Waals surface area contributed by atoms with E-state index >= 15 is 0 Å². The maximum Gasteiger partial charge on any atom is 0.321 e. The first-order valence-corrected chi connectivity index (χ1v) is 5.15. The summed E-state index contributed by atoms with van der Waals surface area (Å²) in [6.45, 7) is 0. The van der Waals surface area contributed by atoms with Crippen LogP contribution in [-0.4, -0.2) is 37.1 Å². The normalized spacial score (nSPS) is 11.9.